The molecular formula is C10H18N8. The molecule has 2 heterocycles. The monoisotopic (exact) mass is 250 g/mol. The Bertz CT molecular complexity index is 474. The van der Waals surface area contributed by atoms with Gasteiger partial charge in [-0.15, -0.1) is 10.2 Å². The van der Waals surface area contributed by atoms with Crippen LogP contribution in [0.4, 0.5) is 0 Å². The lowest BCUT2D eigenvalue weighted by Gasteiger charge is -2.14. The molecule has 0 aliphatic heterocycles. The molecule has 2 aromatic rings. The summed E-state index contributed by atoms with van der Waals surface area (Å²) < 4.78 is 1.86. The van der Waals surface area contributed by atoms with E-state index in [0.29, 0.717) is 0 Å². The van der Waals surface area contributed by atoms with E-state index in [4.69, 9.17) is 0 Å². The average molecular weight is 250 g/mol. The van der Waals surface area contributed by atoms with Crippen molar-refractivity contribution >= 4 is 0 Å². The van der Waals surface area contributed by atoms with Gasteiger partial charge in [0.05, 0.1) is 0 Å². The molecular weight excluding hydrogens is 232 g/mol. The Labute approximate surface area is 105 Å². The van der Waals surface area contributed by atoms with Gasteiger partial charge in [0, 0.05) is 25.7 Å². The number of hydrogen-bond donors (Lipinski definition) is 4. The van der Waals surface area contributed by atoms with E-state index in [0.717, 1.165) is 23.9 Å². The highest BCUT2D eigenvalue weighted by molar-refractivity contribution is 5.48. The smallest absolute Gasteiger partial charge is 0.200 e. The summed E-state index contributed by atoms with van der Waals surface area (Å²) in [6, 6.07) is 1.86. The fraction of sp³-hybridized carbons (Fsp3) is 0.500. The summed E-state index contributed by atoms with van der Waals surface area (Å²) in [6.45, 7) is 2.85. The van der Waals surface area contributed by atoms with Crippen LogP contribution in [0.5, 0.6) is 0 Å². The van der Waals surface area contributed by atoms with Gasteiger partial charge in [0.25, 0.3) is 0 Å². The highest BCUT2D eigenvalue weighted by Gasteiger charge is 2.18. The first kappa shape index (κ1) is 12.5. The van der Waals surface area contributed by atoms with Gasteiger partial charge in [0.1, 0.15) is 5.69 Å². The van der Waals surface area contributed by atoms with E-state index >= 15 is 0 Å². The molecule has 0 aliphatic rings. The van der Waals surface area contributed by atoms with Crippen molar-refractivity contribution in [3.05, 3.63) is 18.1 Å². The fourth-order valence-electron chi connectivity index (χ4n) is 1.74. The molecule has 0 radical (unpaired) electrons. The van der Waals surface area contributed by atoms with Crippen molar-refractivity contribution in [2.75, 3.05) is 26.1 Å². The zero-order valence-corrected chi connectivity index (χ0v) is 10.7. The number of H-pyrrole nitrogens is 1. The van der Waals surface area contributed by atoms with E-state index in [1.54, 1.807) is 6.20 Å². The zero-order valence-electron chi connectivity index (χ0n) is 10.7. The van der Waals surface area contributed by atoms with Crippen LogP contribution in [-0.2, 0) is 0 Å². The number of hydrogen-bond acceptors (Lipinski definition) is 6. The average Bonchev–Trinajstić information content (AvgIpc) is 3.02. The second-order valence-corrected chi connectivity index (χ2v) is 3.94. The molecule has 0 saturated heterocycles. The third-order valence-electron chi connectivity index (χ3n) is 2.68. The van der Waals surface area contributed by atoms with Gasteiger partial charge in [-0.25, -0.2) is 4.68 Å². The minimum absolute atomic E-state index is 0.217. The maximum atomic E-state index is 4.23. The molecule has 1 atom stereocenters. The highest BCUT2D eigenvalue weighted by atomic mass is 15.5. The van der Waals surface area contributed by atoms with Crippen molar-refractivity contribution in [3.63, 3.8) is 0 Å². The lowest BCUT2D eigenvalue weighted by molar-refractivity contribution is 0.528. The van der Waals surface area contributed by atoms with E-state index in [1.807, 2.05) is 24.8 Å². The van der Waals surface area contributed by atoms with Crippen molar-refractivity contribution in [2.45, 2.75) is 12.8 Å². The first-order valence-corrected chi connectivity index (χ1v) is 5.80. The Morgan fingerprint density at radius 1 is 1.39 bits per heavy atom. The highest BCUT2D eigenvalue weighted by Crippen LogP contribution is 2.18. The van der Waals surface area contributed by atoms with Gasteiger partial charge in [-0.3, -0.25) is 16.0 Å². The molecule has 2 aromatic heterocycles. The van der Waals surface area contributed by atoms with Crippen LogP contribution < -0.4 is 16.3 Å². The van der Waals surface area contributed by atoms with Gasteiger partial charge in [-0.2, -0.15) is 5.10 Å². The number of aromatic nitrogens is 5. The minimum atomic E-state index is 0.217. The number of aromatic amines is 1. The summed E-state index contributed by atoms with van der Waals surface area (Å²) in [5, 5.41) is 15.2. The molecule has 0 bridgehead atoms. The number of nitrogens with one attached hydrogen (secondary N) is 4. The Morgan fingerprint density at radius 3 is 2.83 bits per heavy atom. The molecule has 0 saturated carbocycles. The molecule has 0 aliphatic carbocycles. The molecule has 18 heavy (non-hydrogen) atoms. The van der Waals surface area contributed by atoms with Gasteiger partial charge < -0.3 is 5.43 Å². The lowest BCUT2D eigenvalue weighted by atomic mass is 10.2. The summed E-state index contributed by atoms with van der Waals surface area (Å²) in [7, 11) is 3.68. The van der Waals surface area contributed by atoms with Gasteiger partial charge in [-0.1, -0.05) is 6.92 Å². The molecule has 1 unspecified atom stereocenters. The first-order chi connectivity index (χ1) is 8.77. The molecule has 4 N–H and O–H groups in total. The molecule has 0 amide bonds. The second kappa shape index (κ2) is 5.61. The normalized spacial score (nSPS) is 12.6. The summed E-state index contributed by atoms with van der Waals surface area (Å²) in [6.07, 6.45) is 1.69. The lowest BCUT2D eigenvalue weighted by Crippen LogP contribution is -2.32. The molecule has 98 valence electrons. The van der Waals surface area contributed by atoms with Crippen LogP contribution in [0, 0.1) is 0 Å². The van der Waals surface area contributed by atoms with Crippen LogP contribution in [0.15, 0.2) is 12.3 Å². The third kappa shape index (κ3) is 2.34. The van der Waals surface area contributed by atoms with Crippen molar-refractivity contribution in [1.29, 1.82) is 0 Å². The molecule has 0 aromatic carbocycles. The topological polar surface area (TPSA) is 95.5 Å². The summed E-state index contributed by atoms with van der Waals surface area (Å²) in [4.78, 5) is 0. The number of nitrogens with zero attached hydrogens (tertiary/aromatic N) is 4. The van der Waals surface area contributed by atoms with Crippen LogP contribution in [0.2, 0.25) is 0 Å². The van der Waals surface area contributed by atoms with E-state index in [1.165, 1.54) is 0 Å². The van der Waals surface area contributed by atoms with Crippen LogP contribution in [0.25, 0.3) is 11.5 Å². The fourth-order valence-corrected chi connectivity index (χ4v) is 1.74. The number of rotatable bonds is 6. The van der Waals surface area contributed by atoms with E-state index in [9.17, 15) is 0 Å². The summed E-state index contributed by atoms with van der Waals surface area (Å²) in [5.41, 5.74) is 9.87. The van der Waals surface area contributed by atoms with Gasteiger partial charge in [0.2, 0.25) is 5.82 Å². The summed E-state index contributed by atoms with van der Waals surface area (Å²) in [5.74, 6) is 1.81. The SMILES string of the molecule is CNNCC(C)c1nnc(-c2ccn[nH]2)n1NC. The minimum Gasteiger partial charge on any atom is -0.326 e. The van der Waals surface area contributed by atoms with E-state index in [-0.39, 0.29) is 5.92 Å². The standard InChI is InChI=1S/C10H18N8/c1-7(6-14-11-2)9-16-17-10(18(9)12-3)8-4-5-13-15-8/h4-5,7,11-12,14H,6H2,1-3H3,(H,13,15). The van der Waals surface area contributed by atoms with Crippen molar-refractivity contribution in [2.24, 2.45) is 0 Å². The van der Waals surface area contributed by atoms with Gasteiger partial charge in [0.15, 0.2) is 5.82 Å². The molecule has 8 nitrogen and oxygen atoms in total. The van der Waals surface area contributed by atoms with Crippen LogP contribution in [0.1, 0.15) is 18.7 Å². The van der Waals surface area contributed by atoms with Crippen LogP contribution in [-0.4, -0.2) is 45.7 Å². The Hall–Kier alpha value is -1.93. The molecule has 0 spiro atoms. The first-order valence-electron chi connectivity index (χ1n) is 5.80. The second-order valence-electron chi connectivity index (χ2n) is 3.94. The van der Waals surface area contributed by atoms with Crippen LogP contribution >= 0.6 is 0 Å². The van der Waals surface area contributed by atoms with E-state index < -0.39 is 0 Å². The maximum Gasteiger partial charge on any atom is 0.200 e. The zero-order chi connectivity index (χ0) is 13.0. The number of hydrazine groups is 1. The van der Waals surface area contributed by atoms with Crippen molar-refractivity contribution < 1.29 is 0 Å². The largest absolute Gasteiger partial charge is 0.326 e. The van der Waals surface area contributed by atoms with Gasteiger partial charge >= 0.3 is 0 Å². The Morgan fingerprint density at radius 2 is 2.22 bits per heavy atom. The molecule has 2 rings (SSSR count). The van der Waals surface area contributed by atoms with Crippen molar-refractivity contribution in [3.8, 4) is 11.5 Å². The quantitative estimate of drug-likeness (QED) is 0.524. The third-order valence-corrected chi connectivity index (χ3v) is 2.68. The molecule has 8 heteroatoms. The Kier molecular flexibility index (Phi) is 3.90. The Balaban J connectivity index is 2.27. The summed E-state index contributed by atoms with van der Waals surface area (Å²) >= 11 is 0. The predicted octanol–water partition coefficient (Wildman–Crippen LogP) is -0.331. The van der Waals surface area contributed by atoms with E-state index in [2.05, 4.69) is 43.6 Å². The predicted molar refractivity (Wildman–Crippen MR) is 68.4 cm³/mol. The van der Waals surface area contributed by atoms with Crippen LogP contribution in [0.3, 0.4) is 0 Å². The maximum absolute atomic E-state index is 4.23. The molecule has 0 fully saturated rings. The van der Waals surface area contributed by atoms with Crippen molar-refractivity contribution in [1.82, 2.24) is 35.9 Å². The van der Waals surface area contributed by atoms with Gasteiger partial charge in [-0.05, 0) is 13.1 Å².